The Morgan fingerprint density at radius 2 is 1.90 bits per heavy atom. The van der Waals surface area contributed by atoms with Crippen molar-refractivity contribution in [1.82, 2.24) is 5.32 Å². The van der Waals surface area contributed by atoms with E-state index in [4.69, 9.17) is 15.6 Å². The summed E-state index contributed by atoms with van der Waals surface area (Å²) in [7, 11) is 1.53. The maximum atomic E-state index is 11.7. The molecule has 0 spiro atoms. The molecule has 0 aromatic carbocycles. The van der Waals surface area contributed by atoms with Crippen LogP contribution in [0.3, 0.4) is 0 Å². The predicted molar refractivity (Wildman–Crippen MR) is 81.9 cm³/mol. The minimum absolute atomic E-state index is 0.0203. The van der Waals surface area contributed by atoms with Crippen LogP contribution in [0.5, 0.6) is 0 Å². The number of methoxy groups -OCH3 is 1. The van der Waals surface area contributed by atoms with Gasteiger partial charge >= 0.3 is 5.97 Å². The van der Waals surface area contributed by atoms with Gasteiger partial charge < -0.3 is 20.9 Å². The van der Waals surface area contributed by atoms with Crippen LogP contribution in [0, 0.1) is 11.3 Å². The molecule has 4 N–H and O–H groups in total. The van der Waals surface area contributed by atoms with Crippen LogP contribution in [0.25, 0.3) is 0 Å². The first kappa shape index (κ1) is 19.9. The number of nitrogens with two attached hydrogens (primary N) is 1. The fourth-order valence-electron chi connectivity index (χ4n) is 2.24. The highest BCUT2D eigenvalue weighted by Crippen LogP contribution is 2.32. The molecule has 0 aromatic rings. The number of carbonyl (C=O) groups excluding carboxylic acids is 1. The lowest BCUT2D eigenvalue weighted by atomic mass is 9.76. The third-order valence-electron chi connectivity index (χ3n) is 3.76. The summed E-state index contributed by atoms with van der Waals surface area (Å²) in [5, 5.41) is 11.6. The molecule has 0 bridgehead atoms. The second kappa shape index (κ2) is 9.73. The summed E-state index contributed by atoms with van der Waals surface area (Å²) >= 11 is 0. The summed E-state index contributed by atoms with van der Waals surface area (Å²) in [6.45, 7) is 7.14. The van der Waals surface area contributed by atoms with Crippen LogP contribution < -0.4 is 11.1 Å². The predicted octanol–water partition coefficient (Wildman–Crippen LogP) is 1.38. The molecule has 0 saturated carbocycles. The van der Waals surface area contributed by atoms with Crippen LogP contribution in [0.2, 0.25) is 0 Å². The molecule has 0 fully saturated rings. The van der Waals surface area contributed by atoms with Crippen molar-refractivity contribution >= 4 is 11.9 Å². The summed E-state index contributed by atoms with van der Waals surface area (Å²) in [6, 6.07) is 0. The molecule has 6 heteroatoms. The van der Waals surface area contributed by atoms with Gasteiger partial charge in [-0.2, -0.15) is 0 Å². The quantitative estimate of drug-likeness (QED) is 0.566. The second-order valence-corrected chi connectivity index (χ2v) is 6.43. The first-order chi connectivity index (χ1) is 9.70. The van der Waals surface area contributed by atoms with Crippen molar-refractivity contribution in [3.8, 4) is 0 Å². The first-order valence-electron chi connectivity index (χ1n) is 7.42. The Morgan fingerprint density at radius 3 is 2.33 bits per heavy atom. The Balaban J connectivity index is 4.18. The number of nitrogens with one attached hydrogen (secondary N) is 1. The molecule has 0 rings (SSSR count). The van der Waals surface area contributed by atoms with Gasteiger partial charge in [0, 0.05) is 26.6 Å². The van der Waals surface area contributed by atoms with Gasteiger partial charge in [-0.15, -0.1) is 0 Å². The van der Waals surface area contributed by atoms with Crippen LogP contribution in [0.4, 0.5) is 0 Å². The monoisotopic (exact) mass is 302 g/mol. The van der Waals surface area contributed by atoms with E-state index in [2.05, 4.69) is 26.1 Å². The molecule has 0 aromatic heterocycles. The van der Waals surface area contributed by atoms with E-state index in [1.807, 2.05) is 0 Å². The zero-order valence-electron chi connectivity index (χ0n) is 13.6. The molecule has 2 unspecified atom stereocenters. The van der Waals surface area contributed by atoms with Crippen molar-refractivity contribution < 1.29 is 19.4 Å². The average Bonchev–Trinajstić information content (AvgIpc) is 2.38. The lowest BCUT2D eigenvalue weighted by Gasteiger charge is -2.30. The van der Waals surface area contributed by atoms with Crippen LogP contribution in [-0.4, -0.2) is 43.3 Å². The van der Waals surface area contributed by atoms with E-state index in [0.29, 0.717) is 19.5 Å². The normalized spacial score (nSPS) is 14.5. The molecule has 0 radical (unpaired) electrons. The van der Waals surface area contributed by atoms with Gasteiger partial charge in [0.15, 0.2) is 0 Å². The van der Waals surface area contributed by atoms with Gasteiger partial charge in [0.2, 0.25) is 5.91 Å². The molecule has 0 saturated heterocycles. The average molecular weight is 302 g/mol. The third-order valence-corrected chi connectivity index (χ3v) is 3.76. The molecule has 1 amide bonds. The number of aliphatic carboxylic acids is 1. The Hall–Kier alpha value is -1.14. The van der Waals surface area contributed by atoms with Gasteiger partial charge in [-0.3, -0.25) is 9.59 Å². The Bertz CT molecular complexity index is 322. The van der Waals surface area contributed by atoms with Crippen LogP contribution in [0.15, 0.2) is 0 Å². The topological polar surface area (TPSA) is 102 Å². The lowest BCUT2D eigenvalue weighted by Crippen LogP contribution is -2.34. The van der Waals surface area contributed by atoms with Crippen molar-refractivity contribution in [3.63, 3.8) is 0 Å². The van der Waals surface area contributed by atoms with Crippen molar-refractivity contribution in [1.29, 1.82) is 0 Å². The summed E-state index contributed by atoms with van der Waals surface area (Å²) in [6.07, 6.45) is 1.55. The number of rotatable bonds is 10. The molecule has 0 aliphatic carbocycles. The maximum Gasteiger partial charge on any atom is 0.303 e. The molecule has 6 nitrogen and oxygen atoms in total. The number of ether oxygens (including phenoxy) is 1. The third kappa shape index (κ3) is 9.42. The highest BCUT2D eigenvalue weighted by atomic mass is 16.5. The summed E-state index contributed by atoms with van der Waals surface area (Å²) < 4.78 is 5.07. The fraction of sp³-hybridized carbons (Fsp3) is 0.867. The lowest BCUT2D eigenvalue weighted by molar-refractivity contribution is -0.137. The van der Waals surface area contributed by atoms with Crippen molar-refractivity contribution in [2.45, 2.75) is 52.6 Å². The fourth-order valence-corrected chi connectivity index (χ4v) is 2.24. The molecule has 21 heavy (non-hydrogen) atoms. The van der Waals surface area contributed by atoms with E-state index >= 15 is 0 Å². The standard InChI is InChI=1S/C15H30N2O4/c1-15(2,3)11(5-6-14(19)20)7-8-17-13(18)9-12(10-16)21-4/h11-12H,5-10,16H2,1-4H3,(H,17,18)(H,19,20). The number of hydrogen-bond donors (Lipinski definition) is 3. The van der Waals surface area contributed by atoms with Crippen molar-refractivity contribution in [3.05, 3.63) is 0 Å². The zero-order valence-corrected chi connectivity index (χ0v) is 13.6. The molecule has 124 valence electrons. The second-order valence-electron chi connectivity index (χ2n) is 6.43. The van der Waals surface area contributed by atoms with Crippen LogP contribution >= 0.6 is 0 Å². The van der Waals surface area contributed by atoms with Gasteiger partial charge in [-0.25, -0.2) is 0 Å². The highest BCUT2D eigenvalue weighted by Gasteiger charge is 2.25. The van der Waals surface area contributed by atoms with Gasteiger partial charge in [0.1, 0.15) is 0 Å². The largest absolute Gasteiger partial charge is 0.481 e. The van der Waals surface area contributed by atoms with E-state index in [9.17, 15) is 9.59 Å². The molecule has 0 heterocycles. The van der Waals surface area contributed by atoms with E-state index in [0.717, 1.165) is 6.42 Å². The number of carbonyl (C=O) groups is 2. The molecule has 0 aliphatic rings. The Labute approximate surface area is 127 Å². The summed E-state index contributed by atoms with van der Waals surface area (Å²) in [5.41, 5.74) is 5.49. The van der Waals surface area contributed by atoms with Gasteiger partial charge in [-0.1, -0.05) is 20.8 Å². The van der Waals surface area contributed by atoms with E-state index in [1.54, 1.807) is 0 Å². The molecular weight excluding hydrogens is 272 g/mol. The first-order valence-corrected chi connectivity index (χ1v) is 7.42. The highest BCUT2D eigenvalue weighted by molar-refractivity contribution is 5.76. The Morgan fingerprint density at radius 1 is 1.29 bits per heavy atom. The van der Waals surface area contributed by atoms with Crippen molar-refractivity contribution in [2.24, 2.45) is 17.1 Å². The molecular formula is C15H30N2O4. The number of hydrogen-bond acceptors (Lipinski definition) is 4. The van der Waals surface area contributed by atoms with E-state index in [-0.39, 0.29) is 36.2 Å². The smallest absolute Gasteiger partial charge is 0.303 e. The van der Waals surface area contributed by atoms with Crippen LogP contribution in [-0.2, 0) is 14.3 Å². The molecule has 2 atom stereocenters. The zero-order chi connectivity index (χ0) is 16.5. The summed E-state index contributed by atoms with van der Waals surface area (Å²) in [4.78, 5) is 22.4. The Kier molecular flexibility index (Phi) is 9.21. The SMILES string of the molecule is COC(CN)CC(=O)NCCC(CCC(=O)O)C(C)(C)C. The number of carboxylic acids is 1. The number of carboxylic acid groups (broad SMARTS) is 1. The minimum Gasteiger partial charge on any atom is -0.481 e. The van der Waals surface area contributed by atoms with Gasteiger partial charge in [0.25, 0.3) is 0 Å². The van der Waals surface area contributed by atoms with Gasteiger partial charge in [-0.05, 0) is 24.2 Å². The summed E-state index contributed by atoms with van der Waals surface area (Å²) in [5.74, 6) is -0.612. The van der Waals surface area contributed by atoms with E-state index in [1.165, 1.54) is 7.11 Å². The van der Waals surface area contributed by atoms with Gasteiger partial charge in [0.05, 0.1) is 12.5 Å². The van der Waals surface area contributed by atoms with Crippen molar-refractivity contribution in [2.75, 3.05) is 20.2 Å². The number of amides is 1. The maximum absolute atomic E-state index is 11.7. The van der Waals surface area contributed by atoms with E-state index < -0.39 is 5.97 Å². The van der Waals surface area contributed by atoms with Crippen LogP contribution in [0.1, 0.15) is 46.5 Å². The molecule has 0 aliphatic heterocycles. The minimum atomic E-state index is -0.779.